The Kier molecular flexibility index (Phi) is 5.17. The summed E-state index contributed by atoms with van der Waals surface area (Å²) in [5, 5.41) is 15.7. The van der Waals surface area contributed by atoms with Crippen molar-refractivity contribution in [2.45, 2.75) is 18.9 Å². The van der Waals surface area contributed by atoms with Crippen LogP contribution in [0.4, 0.5) is 5.69 Å². The van der Waals surface area contributed by atoms with Crippen LogP contribution in [0.3, 0.4) is 0 Å². The molecule has 1 fully saturated rings. The predicted molar refractivity (Wildman–Crippen MR) is 81.6 cm³/mol. The highest BCUT2D eigenvalue weighted by atomic mass is 35.5. The highest BCUT2D eigenvalue weighted by molar-refractivity contribution is 7.80. The summed E-state index contributed by atoms with van der Waals surface area (Å²) in [6, 6.07) is 4.42. The lowest BCUT2D eigenvalue weighted by Gasteiger charge is -2.15. The molecule has 1 aromatic carbocycles. The quantitative estimate of drug-likeness (QED) is 0.742. The highest BCUT2D eigenvalue weighted by Gasteiger charge is 2.15. The van der Waals surface area contributed by atoms with Gasteiger partial charge in [-0.1, -0.05) is 11.6 Å². The molecule has 1 saturated heterocycles. The monoisotopic (exact) mass is 314 g/mol. The van der Waals surface area contributed by atoms with E-state index < -0.39 is 5.97 Å². The van der Waals surface area contributed by atoms with E-state index in [1.165, 1.54) is 18.2 Å². The summed E-state index contributed by atoms with van der Waals surface area (Å²) in [5.74, 6) is -1.01. The van der Waals surface area contributed by atoms with Crippen molar-refractivity contribution in [3.05, 3.63) is 28.8 Å². The molecule has 0 unspecified atom stereocenters. The summed E-state index contributed by atoms with van der Waals surface area (Å²) < 4.78 is 5.47. The van der Waals surface area contributed by atoms with Crippen LogP contribution in [0.15, 0.2) is 18.2 Å². The van der Waals surface area contributed by atoms with E-state index in [4.69, 9.17) is 33.7 Å². The number of carbonyl (C=O) groups is 1. The predicted octanol–water partition coefficient (Wildman–Crippen LogP) is 2.50. The number of carboxylic acids is 1. The van der Waals surface area contributed by atoms with Crippen LogP contribution >= 0.6 is 23.8 Å². The topological polar surface area (TPSA) is 70.6 Å². The minimum Gasteiger partial charge on any atom is -0.478 e. The minimum atomic E-state index is -1.01. The third-order valence-electron chi connectivity index (χ3n) is 2.98. The van der Waals surface area contributed by atoms with E-state index in [1.54, 1.807) is 0 Å². The molecular formula is C13H15ClN2O3S. The number of anilines is 1. The molecule has 1 atom stereocenters. The van der Waals surface area contributed by atoms with Gasteiger partial charge in [0.25, 0.3) is 0 Å². The molecule has 2 rings (SSSR count). The molecule has 5 nitrogen and oxygen atoms in total. The maximum atomic E-state index is 10.9. The zero-order chi connectivity index (χ0) is 14.5. The second-order valence-electron chi connectivity index (χ2n) is 4.47. The number of aromatic carboxylic acids is 1. The van der Waals surface area contributed by atoms with Crippen molar-refractivity contribution >= 4 is 40.6 Å². The number of hydrogen-bond acceptors (Lipinski definition) is 3. The lowest BCUT2D eigenvalue weighted by Crippen LogP contribution is -2.34. The number of nitrogens with one attached hydrogen (secondary N) is 2. The average molecular weight is 315 g/mol. The van der Waals surface area contributed by atoms with Gasteiger partial charge in [-0.3, -0.25) is 0 Å². The van der Waals surface area contributed by atoms with Crippen molar-refractivity contribution in [2.24, 2.45) is 0 Å². The summed E-state index contributed by atoms with van der Waals surface area (Å²) in [6.45, 7) is 1.42. The summed E-state index contributed by atoms with van der Waals surface area (Å²) in [6.07, 6.45) is 2.26. The van der Waals surface area contributed by atoms with Gasteiger partial charge in [0, 0.05) is 13.2 Å². The van der Waals surface area contributed by atoms with E-state index in [1.807, 2.05) is 0 Å². The van der Waals surface area contributed by atoms with Crippen LogP contribution in [0, 0.1) is 0 Å². The first kappa shape index (κ1) is 15.0. The SMILES string of the molecule is O=C(O)c1ccc(Cl)c(NC(=S)NC[C@H]2CCCO2)c1. The third-order valence-corrected chi connectivity index (χ3v) is 3.55. The molecule has 20 heavy (non-hydrogen) atoms. The Morgan fingerprint density at radius 1 is 1.55 bits per heavy atom. The first-order valence-corrected chi connectivity index (χ1v) is 7.04. The molecule has 0 spiro atoms. The van der Waals surface area contributed by atoms with Crippen LogP contribution in [0.25, 0.3) is 0 Å². The minimum absolute atomic E-state index is 0.152. The number of thiocarbonyl (C=S) groups is 1. The first-order chi connectivity index (χ1) is 9.56. The second kappa shape index (κ2) is 6.88. The van der Waals surface area contributed by atoms with Crippen molar-refractivity contribution in [1.82, 2.24) is 5.32 Å². The molecule has 0 aromatic heterocycles. The van der Waals surface area contributed by atoms with Crippen LogP contribution in [0.1, 0.15) is 23.2 Å². The Morgan fingerprint density at radius 3 is 3.00 bits per heavy atom. The molecule has 0 amide bonds. The fourth-order valence-electron chi connectivity index (χ4n) is 1.93. The summed E-state index contributed by atoms with van der Waals surface area (Å²) in [4.78, 5) is 10.9. The maximum Gasteiger partial charge on any atom is 0.335 e. The number of carboxylic acid groups (broad SMARTS) is 1. The molecule has 3 N–H and O–H groups in total. The van der Waals surface area contributed by atoms with Crippen LogP contribution < -0.4 is 10.6 Å². The van der Waals surface area contributed by atoms with Crippen LogP contribution in [0.5, 0.6) is 0 Å². The van der Waals surface area contributed by atoms with E-state index in [9.17, 15) is 4.79 Å². The Morgan fingerprint density at radius 2 is 2.35 bits per heavy atom. The average Bonchev–Trinajstić information content (AvgIpc) is 2.92. The number of halogens is 1. The van der Waals surface area contributed by atoms with Gasteiger partial charge >= 0.3 is 5.97 Å². The molecular weight excluding hydrogens is 300 g/mol. The van der Waals surface area contributed by atoms with Gasteiger partial charge in [-0.25, -0.2) is 4.79 Å². The number of ether oxygens (including phenoxy) is 1. The normalized spacial score (nSPS) is 17.8. The van der Waals surface area contributed by atoms with Gasteiger partial charge in [0.1, 0.15) is 0 Å². The van der Waals surface area contributed by atoms with E-state index in [2.05, 4.69) is 10.6 Å². The zero-order valence-corrected chi connectivity index (χ0v) is 12.3. The van der Waals surface area contributed by atoms with Gasteiger partial charge in [-0.15, -0.1) is 0 Å². The Balaban J connectivity index is 1.92. The number of hydrogen-bond donors (Lipinski definition) is 3. The maximum absolute atomic E-state index is 10.9. The smallest absolute Gasteiger partial charge is 0.335 e. The van der Waals surface area contributed by atoms with Crippen molar-refractivity contribution in [2.75, 3.05) is 18.5 Å². The molecule has 0 saturated carbocycles. The van der Waals surface area contributed by atoms with E-state index >= 15 is 0 Å². The molecule has 1 aromatic rings. The van der Waals surface area contributed by atoms with Crippen LogP contribution in [-0.4, -0.2) is 35.4 Å². The molecule has 0 aliphatic carbocycles. The summed E-state index contributed by atoms with van der Waals surface area (Å²) >= 11 is 11.2. The highest BCUT2D eigenvalue weighted by Crippen LogP contribution is 2.23. The standard InChI is InChI=1S/C13H15ClN2O3S/c14-10-4-3-8(12(17)18)6-11(10)16-13(20)15-7-9-2-1-5-19-9/h3-4,6,9H,1-2,5,7H2,(H,17,18)(H2,15,16,20)/t9-/m1/s1. The lowest BCUT2D eigenvalue weighted by molar-refractivity contribution is 0.0697. The fourth-order valence-corrected chi connectivity index (χ4v) is 2.29. The van der Waals surface area contributed by atoms with Crippen molar-refractivity contribution in [1.29, 1.82) is 0 Å². The van der Waals surface area contributed by atoms with Gasteiger partial charge in [-0.2, -0.15) is 0 Å². The van der Waals surface area contributed by atoms with Gasteiger partial charge in [0.15, 0.2) is 5.11 Å². The molecule has 1 heterocycles. The van der Waals surface area contributed by atoms with Crippen LogP contribution in [-0.2, 0) is 4.74 Å². The van der Waals surface area contributed by atoms with Crippen molar-refractivity contribution < 1.29 is 14.6 Å². The Labute approximate surface area is 127 Å². The molecule has 7 heteroatoms. The Hall–Kier alpha value is -1.37. The third kappa shape index (κ3) is 4.06. The fraction of sp³-hybridized carbons (Fsp3) is 0.385. The molecule has 1 aliphatic rings. The lowest BCUT2D eigenvalue weighted by atomic mass is 10.2. The largest absolute Gasteiger partial charge is 0.478 e. The van der Waals surface area contributed by atoms with Gasteiger partial charge in [-0.05, 0) is 43.3 Å². The van der Waals surface area contributed by atoms with Gasteiger partial charge < -0.3 is 20.5 Å². The second-order valence-corrected chi connectivity index (χ2v) is 5.29. The first-order valence-electron chi connectivity index (χ1n) is 6.25. The van der Waals surface area contributed by atoms with E-state index in [0.29, 0.717) is 22.4 Å². The van der Waals surface area contributed by atoms with E-state index in [-0.39, 0.29) is 11.7 Å². The zero-order valence-electron chi connectivity index (χ0n) is 10.7. The molecule has 1 aliphatic heterocycles. The summed E-state index contributed by atoms with van der Waals surface area (Å²) in [7, 11) is 0. The van der Waals surface area contributed by atoms with Crippen molar-refractivity contribution in [3.8, 4) is 0 Å². The van der Waals surface area contributed by atoms with Gasteiger partial charge in [0.2, 0.25) is 0 Å². The summed E-state index contributed by atoms with van der Waals surface area (Å²) in [5.41, 5.74) is 0.621. The Bertz CT molecular complexity index is 518. The van der Waals surface area contributed by atoms with Crippen molar-refractivity contribution in [3.63, 3.8) is 0 Å². The number of rotatable bonds is 4. The molecule has 0 radical (unpaired) electrons. The number of benzene rings is 1. The van der Waals surface area contributed by atoms with Gasteiger partial charge in [0.05, 0.1) is 22.4 Å². The molecule has 108 valence electrons. The van der Waals surface area contributed by atoms with Crippen LogP contribution in [0.2, 0.25) is 5.02 Å². The molecule has 0 bridgehead atoms. The van der Waals surface area contributed by atoms with E-state index in [0.717, 1.165) is 19.4 Å².